The van der Waals surface area contributed by atoms with Gasteiger partial charge >= 0.3 is 0 Å². The van der Waals surface area contributed by atoms with Crippen LogP contribution in [0, 0.1) is 5.41 Å². The Kier molecular flexibility index (Phi) is 3.09. The molecule has 1 heteroatoms. The molecule has 1 aromatic rings. The molecule has 0 atom stereocenters. The molecule has 0 aromatic heterocycles. The van der Waals surface area contributed by atoms with E-state index in [9.17, 15) is 0 Å². The molecule has 0 bridgehead atoms. The lowest BCUT2D eigenvalue weighted by molar-refractivity contribution is 0.392. The zero-order valence-corrected chi connectivity index (χ0v) is 11.5. The van der Waals surface area contributed by atoms with E-state index in [0.717, 1.165) is 0 Å². The maximum Gasteiger partial charge on any atom is -0.00582 e. The third-order valence-electron chi connectivity index (χ3n) is 4.33. The van der Waals surface area contributed by atoms with Crippen LogP contribution in [-0.4, -0.2) is 0 Å². The predicted octanol–water partition coefficient (Wildman–Crippen LogP) is 3.85. The minimum Gasteiger partial charge on any atom is -0.0616 e. The molecular weight excluding hydrogens is 223 g/mol. The van der Waals surface area contributed by atoms with Crippen LogP contribution in [-0.2, 0) is 0 Å². The third-order valence-corrected chi connectivity index (χ3v) is 5.77. The Labute approximate surface area is 106 Å². The number of benzene rings is 1. The lowest BCUT2D eigenvalue weighted by Crippen LogP contribution is -2.27. The van der Waals surface area contributed by atoms with Crippen LogP contribution in [0.2, 0.25) is 0 Å². The fourth-order valence-electron chi connectivity index (χ4n) is 3.26. The summed E-state index contributed by atoms with van der Waals surface area (Å²) in [5.41, 5.74) is 0.459. The maximum atomic E-state index is 2.50. The van der Waals surface area contributed by atoms with Gasteiger partial charge in [0, 0.05) is 0 Å². The average Bonchev–Trinajstić information content (AvgIpc) is 2.67. The van der Waals surface area contributed by atoms with Gasteiger partial charge in [-0.15, -0.1) is 0 Å². The third kappa shape index (κ3) is 2.08. The SMILES string of the molecule is CC1(C2=c3ccccc3=C[P]2)CCCCCC1. The lowest BCUT2D eigenvalue weighted by Gasteiger charge is -2.29. The van der Waals surface area contributed by atoms with Crippen molar-refractivity contribution in [2.75, 3.05) is 0 Å². The van der Waals surface area contributed by atoms with Gasteiger partial charge in [0.05, 0.1) is 0 Å². The first-order valence-corrected chi connectivity index (χ1v) is 7.77. The van der Waals surface area contributed by atoms with Crippen molar-refractivity contribution in [3.8, 4) is 0 Å². The zero-order valence-electron chi connectivity index (χ0n) is 10.6. The molecular formula is C16H20P. The number of hydrogen-bond donors (Lipinski definition) is 0. The van der Waals surface area contributed by atoms with Gasteiger partial charge in [0.1, 0.15) is 0 Å². The molecule has 1 aliphatic carbocycles. The molecule has 0 unspecified atom stereocenters. The summed E-state index contributed by atoms with van der Waals surface area (Å²) >= 11 is 0. The van der Waals surface area contributed by atoms with E-state index in [0.29, 0.717) is 5.41 Å². The van der Waals surface area contributed by atoms with E-state index in [1.807, 2.05) is 0 Å². The van der Waals surface area contributed by atoms with Crippen LogP contribution in [0.4, 0.5) is 0 Å². The fraction of sp³-hybridized carbons (Fsp3) is 0.500. The highest BCUT2D eigenvalue weighted by Gasteiger charge is 2.31. The number of rotatable bonds is 1. The van der Waals surface area contributed by atoms with Gasteiger partial charge in [-0.2, -0.15) is 0 Å². The highest BCUT2D eigenvalue weighted by atomic mass is 31.1. The summed E-state index contributed by atoms with van der Waals surface area (Å²) in [5.74, 6) is 2.39. The van der Waals surface area contributed by atoms with Crippen LogP contribution in [0.3, 0.4) is 0 Å². The summed E-state index contributed by atoms with van der Waals surface area (Å²) in [6, 6.07) is 8.92. The van der Waals surface area contributed by atoms with E-state index in [4.69, 9.17) is 0 Å². The van der Waals surface area contributed by atoms with Crippen molar-refractivity contribution in [3.05, 3.63) is 34.7 Å². The summed E-state index contributed by atoms with van der Waals surface area (Å²) < 4.78 is 0. The van der Waals surface area contributed by atoms with Gasteiger partial charge in [0.25, 0.3) is 0 Å². The van der Waals surface area contributed by atoms with E-state index in [1.165, 1.54) is 57.5 Å². The van der Waals surface area contributed by atoms with Gasteiger partial charge in [0.2, 0.25) is 0 Å². The average molecular weight is 243 g/mol. The van der Waals surface area contributed by atoms with Crippen LogP contribution >= 0.6 is 8.58 Å². The Hall–Kier alpha value is -0.610. The second-order valence-electron chi connectivity index (χ2n) is 5.67. The van der Waals surface area contributed by atoms with Gasteiger partial charge in [-0.05, 0) is 48.4 Å². The minimum atomic E-state index is 0.459. The van der Waals surface area contributed by atoms with Gasteiger partial charge in [-0.25, -0.2) is 0 Å². The Balaban J connectivity index is 2.08. The standard InChI is InChI=1S/C16H20P/c1-16(10-6-2-3-7-11-16)15-14-9-5-4-8-13(14)12-17-15/h4-5,8-9,12H,2-3,6-7,10-11H2,1H3. The van der Waals surface area contributed by atoms with Crippen molar-refractivity contribution in [1.82, 2.24) is 0 Å². The largest absolute Gasteiger partial charge is 0.0616 e. The molecule has 89 valence electrons. The summed E-state index contributed by atoms with van der Waals surface area (Å²) in [5, 5.41) is 4.67. The molecule has 0 amide bonds. The molecule has 0 N–H and O–H groups in total. The molecule has 17 heavy (non-hydrogen) atoms. The maximum absolute atomic E-state index is 2.50. The topological polar surface area (TPSA) is 0 Å². The van der Waals surface area contributed by atoms with Crippen molar-refractivity contribution in [1.29, 1.82) is 0 Å². The van der Waals surface area contributed by atoms with Gasteiger partial charge in [-0.1, -0.05) is 56.9 Å². The summed E-state index contributed by atoms with van der Waals surface area (Å²) in [6.07, 6.45) is 8.47. The molecule has 3 rings (SSSR count). The van der Waals surface area contributed by atoms with Crippen molar-refractivity contribution >= 4 is 19.7 Å². The molecule has 1 aromatic carbocycles. The van der Waals surface area contributed by atoms with E-state index in [1.54, 1.807) is 5.31 Å². The summed E-state index contributed by atoms with van der Waals surface area (Å²) in [7, 11) is 1.45. The summed E-state index contributed by atoms with van der Waals surface area (Å²) in [4.78, 5) is 0. The number of hydrogen-bond acceptors (Lipinski definition) is 0. The Morgan fingerprint density at radius 2 is 1.71 bits per heavy atom. The molecule has 0 nitrogen and oxygen atoms in total. The zero-order chi connectivity index (χ0) is 11.7. The Morgan fingerprint density at radius 1 is 1.00 bits per heavy atom. The lowest BCUT2D eigenvalue weighted by atomic mass is 9.81. The van der Waals surface area contributed by atoms with Gasteiger partial charge in [0.15, 0.2) is 0 Å². The second kappa shape index (κ2) is 4.58. The van der Waals surface area contributed by atoms with Crippen molar-refractivity contribution in [2.45, 2.75) is 45.4 Å². The summed E-state index contributed by atoms with van der Waals surface area (Å²) in [6.45, 7) is 2.50. The molecule has 2 aliphatic rings. The quantitative estimate of drug-likeness (QED) is 0.519. The molecule has 0 spiro atoms. The monoisotopic (exact) mass is 243 g/mol. The van der Waals surface area contributed by atoms with E-state index < -0.39 is 0 Å². The first-order valence-electron chi connectivity index (χ1n) is 6.80. The molecule has 1 radical (unpaired) electrons. The minimum absolute atomic E-state index is 0.459. The fourth-order valence-corrected chi connectivity index (χ4v) is 4.63. The first kappa shape index (κ1) is 11.5. The predicted molar refractivity (Wildman–Crippen MR) is 76.3 cm³/mol. The van der Waals surface area contributed by atoms with Crippen molar-refractivity contribution in [3.63, 3.8) is 0 Å². The van der Waals surface area contributed by atoms with Crippen molar-refractivity contribution in [2.24, 2.45) is 5.41 Å². The van der Waals surface area contributed by atoms with E-state index in [2.05, 4.69) is 37.0 Å². The van der Waals surface area contributed by atoms with Crippen LogP contribution in [0.5, 0.6) is 0 Å². The molecule has 1 saturated carbocycles. The second-order valence-corrected chi connectivity index (χ2v) is 6.63. The normalized spacial score (nSPS) is 24.2. The molecule has 0 saturated heterocycles. The highest BCUT2D eigenvalue weighted by molar-refractivity contribution is 7.58. The van der Waals surface area contributed by atoms with Crippen LogP contribution < -0.4 is 10.4 Å². The Bertz CT molecular complexity index is 519. The van der Waals surface area contributed by atoms with Crippen LogP contribution in [0.1, 0.15) is 45.4 Å². The van der Waals surface area contributed by atoms with E-state index in [-0.39, 0.29) is 0 Å². The van der Waals surface area contributed by atoms with E-state index >= 15 is 0 Å². The van der Waals surface area contributed by atoms with Gasteiger partial charge in [-0.3, -0.25) is 0 Å². The highest BCUT2D eigenvalue weighted by Crippen LogP contribution is 2.50. The smallest absolute Gasteiger partial charge is 0.00582 e. The van der Waals surface area contributed by atoms with Crippen molar-refractivity contribution < 1.29 is 0 Å². The van der Waals surface area contributed by atoms with Crippen LogP contribution in [0.25, 0.3) is 11.1 Å². The van der Waals surface area contributed by atoms with Crippen LogP contribution in [0.15, 0.2) is 24.3 Å². The number of fused-ring (bicyclic) bond motifs is 1. The molecule has 1 heterocycles. The Morgan fingerprint density at radius 3 is 2.47 bits per heavy atom. The van der Waals surface area contributed by atoms with Gasteiger partial charge < -0.3 is 0 Å². The molecule has 1 aliphatic heterocycles. The first-order chi connectivity index (χ1) is 8.30. The molecule has 1 fully saturated rings.